The Morgan fingerprint density at radius 2 is 1.94 bits per heavy atom. The summed E-state index contributed by atoms with van der Waals surface area (Å²) in [7, 11) is 0. The van der Waals surface area contributed by atoms with Gasteiger partial charge in [0, 0.05) is 16.7 Å². The van der Waals surface area contributed by atoms with Gasteiger partial charge in [-0.1, -0.05) is 32.9 Å². The Morgan fingerprint density at radius 1 is 1.24 bits per heavy atom. The van der Waals surface area contributed by atoms with Gasteiger partial charge in [-0.15, -0.1) is 11.8 Å². The van der Waals surface area contributed by atoms with Crippen molar-refractivity contribution in [1.29, 1.82) is 0 Å². The van der Waals surface area contributed by atoms with Crippen LogP contribution in [0.4, 0.5) is 0 Å². The minimum absolute atomic E-state index is 0.260. The fraction of sp³-hybridized carbons (Fsp3) is 0.600. The maximum atomic E-state index is 3.54. The van der Waals surface area contributed by atoms with Crippen molar-refractivity contribution in [2.45, 2.75) is 50.0 Å². The summed E-state index contributed by atoms with van der Waals surface area (Å²) < 4.78 is 0. The minimum Gasteiger partial charge on any atom is -0.313 e. The lowest BCUT2D eigenvalue weighted by molar-refractivity contribution is 0.589. The average molecular weight is 249 g/mol. The largest absolute Gasteiger partial charge is 0.313 e. The van der Waals surface area contributed by atoms with Crippen molar-refractivity contribution in [2.24, 2.45) is 0 Å². The monoisotopic (exact) mass is 249 g/mol. The molecule has 1 N–H and O–H groups in total. The molecule has 0 amide bonds. The lowest BCUT2D eigenvalue weighted by Gasteiger charge is -2.19. The molecule has 1 aliphatic rings. The van der Waals surface area contributed by atoms with Crippen LogP contribution in [0.1, 0.15) is 39.2 Å². The first kappa shape index (κ1) is 13.0. The standard InChI is InChI=1S/C15H23NS/c1-15(2,3)12-6-8-14(9-7-12)17-11-13-5-4-10-16-13/h6-9,13,16H,4-5,10-11H2,1-3H3/t13-/m0/s1. The molecule has 0 aromatic heterocycles. The van der Waals surface area contributed by atoms with Gasteiger partial charge in [0.25, 0.3) is 0 Å². The average Bonchev–Trinajstić information content (AvgIpc) is 2.78. The zero-order valence-electron chi connectivity index (χ0n) is 11.1. The first-order valence-corrected chi connectivity index (χ1v) is 7.51. The maximum absolute atomic E-state index is 3.54. The first-order valence-electron chi connectivity index (χ1n) is 6.52. The van der Waals surface area contributed by atoms with Crippen LogP contribution in [0.5, 0.6) is 0 Å². The molecule has 1 aromatic rings. The van der Waals surface area contributed by atoms with Gasteiger partial charge in [-0.3, -0.25) is 0 Å². The van der Waals surface area contributed by atoms with Crippen LogP contribution in [0.15, 0.2) is 29.2 Å². The number of hydrogen-bond donors (Lipinski definition) is 1. The van der Waals surface area contributed by atoms with Gasteiger partial charge in [0.05, 0.1) is 0 Å². The Hall–Kier alpha value is -0.470. The summed E-state index contributed by atoms with van der Waals surface area (Å²) in [4.78, 5) is 1.40. The van der Waals surface area contributed by atoms with E-state index in [0.717, 1.165) is 6.04 Å². The van der Waals surface area contributed by atoms with Crippen LogP contribution in [0.2, 0.25) is 0 Å². The second-order valence-electron chi connectivity index (χ2n) is 5.88. The van der Waals surface area contributed by atoms with Gasteiger partial charge >= 0.3 is 0 Å². The van der Waals surface area contributed by atoms with E-state index in [9.17, 15) is 0 Å². The molecule has 0 unspecified atom stereocenters. The van der Waals surface area contributed by atoms with Crippen LogP contribution in [-0.2, 0) is 5.41 Å². The second-order valence-corrected chi connectivity index (χ2v) is 6.97. The fourth-order valence-electron chi connectivity index (χ4n) is 2.15. The number of rotatable bonds is 3. The number of hydrogen-bond acceptors (Lipinski definition) is 2. The van der Waals surface area contributed by atoms with Crippen LogP contribution < -0.4 is 5.32 Å². The van der Waals surface area contributed by atoms with Crippen molar-refractivity contribution in [3.63, 3.8) is 0 Å². The van der Waals surface area contributed by atoms with Crippen LogP contribution >= 0.6 is 11.8 Å². The van der Waals surface area contributed by atoms with E-state index in [1.165, 1.54) is 35.6 Å². The third-order valence-electron chi connectivity index (χ3n) is 3.33. The molecule has 1 aliphatic heterocycles. The van der Waals surface area contributed by atoms with E-state index >= 15 is 0 Å². The van der Waals surface area contributed by atoms with Crippen LogP contribution in [-0.4, -0.2) is 18.3 Å². The Morgan fingerprint density at radius 3 is 2.47 bits per heavy atom. The molecule has 2 heteroatoms. The second kappa shape index (κ2) is 5.45. The van der Waals surface area contributed by atoms with Gasteiger partial charge in [0.15, 0.2) is 0 Å². The van der Waals surface area contributed by atoms with Crippen molar-refractivity contribution >= 4 is 11.8 Å². The van der Waals surface area contributed by atoms with E-state index in [0.29, 0.717) is 0 Å². The van der Waals surface area contributed by atoms with Crippen molar-refractivity contribution < 1.29 is 0 Å². The molecule has 1 aromatic carbocycles. The van der Waals surface area contributed by atoms with Crippen LogP contribution in [0.3, 0.4) is 0 Å². The third kappa shape index (κ3) is 3.75. The quantitative estimate of drug-likeness (QED) is 0.817. The summed E-state index contributed by atoms with van der Waals surface area (Å²) >= 11 is 1.97. The zero-order valence-corrected chi connectivity index (χ0v) is 11.9. The van der Waals surface area contributed by atoms with E-state index in [1.807, 2.05) is 11.8 Å². The fourth-order valence-corrected chi connectivity index (χ4v) is 3.15. The van der Waals surface area contributed by atoms with E-state index in [2.05, 4.69) is 50.4 Å². The molecule has 0 radical (unpaired) electrons. The molecular weight excluding hydrogens is 226 g/mol. The number of benzene rings is 1. The summed E-state index contributed by atoms with van der Waals surface area (Å²) in [6.45, 7) is 7.99. The highest BCUT2D eigenvalue weighted by molar-refractivity contribution is 7.99. The van der Waals surface area contributed by atoms with Crippen molar-refractivity contribution in [1.82, 2.24) is 5.32 Å². The predicted octanol–water partition coefficient (Wildman–Crippen LogP) is 3.83. The highest BCUT2D eigenvalue weighted by Crippen LogP contribution is 2.26. The molecule has 1 fully saturated rings. The number of thioether (sulfide) groups is 1. The molecule has 1 nitrogen and oxygen atoms in total. The van der Waals surface area contributed by atoms with E-state index in [1.54, 1.807) is 0 Å². The molecule has 94 valence electrons. The molecule has 0 spiro atoms. The molecule has 1 heterocycles. The summed E-state index contributed by atoms with van der Waals surface area (Å²) in [5.41, 5.74) is 1.68. The molecule has 1 atom stereocenters. The van der Waals surface area contributed by atoms with Gasteiger partial charge in [-0.2, -0.15) is 0 Å². The minimum atomic E-state index is 0.260. The molecule has 0 saturated carbocycles. The lowest BCUT2D eigenvalue weighted by Crippen LogP contribution is -2.23. The molecule has 2 rings (SSSR count). The molecule has 0 aliphatic carbocycles. The van der Waals surface area contributed by atoms with Crippen LogP contribution in [0, 0.1) is 0 Å². The third-order valence-corrected chi connectivity index (χ3v) is 4.51. The molecule has 0 bridgehead atoms. The Balaban J connectivity index is 1.89. The molecular formula is C15H23NS. The molecule has 17 heavy (non-hydrogen) atoms. The highest BCUT2D eigenvalue weighted by Gasteiger charge is 2.15. The maximum Gasteiger partial charge on any atom is 0.0162 e. The smallest absolute Gasteiger partial charge is 0.0162 e. The van der Waals surface area contributed by atoms with Gasteiger partial charge in [-0.25, -0.2) is 0 Å². The zero-order chi connectivity index (χ0) is 12.3. The Kier molecular flexibility index (Phi) is 4.16. The van der Waals surface area contributed by atoms with E-state index in [-0.39, 0.29) is 5.41 Å². The summed E-state index contributed by atoms with van der Waals surface area (Å²) in [5, 5.41) is 3.54. The van der Waals surface area contributed by atoms with E-state index < -0.39 is 0 Å². The number of nitrogens with one attached hydrogen (secondary N) is 1. The van der Waals surface area contributed by atoms with Crippen molar-refractivity contribution in [3.8, 4) is 0 Å². The normalized spacial score (nSPS) is 20.8. The SMILES string of the molecule is CC(C)(C)c1ccc(SC[C@@H]2CCCN2)cc1. The predicted molar refractivity (Wildman–Crippen MR) is 76.9 cm³/mol. The van der Waals surface area contributed by atoms with Crippen LogP contribution in [0.25, 0.3) is 0 Å². The van der Waals surface area contributed by atoms with Crippen molar-refractivity contribution in [2.75, 3.05) is 12.3 Å². The summed E-state index contributed by atoms with van der Waals surface area (Å²) in [5.74, 6) is 1.20. The van der Waals surface area contributed by atoms with Gasteiger partial charge in [0.2, 0.25) is 0 Å². The van der Waals surface area contributed by atoms with E-state index in [4.69, 9.17) is 0 Å². The molecule has 1 saturated heterocycles. The van der Waals surface area contributed by atoms with Gasteiger partial charge < -0.3 is 5.32 Å². The topological polar surface area (TPSA) is 12.0 Å². The van der Waals surface area contributed by atoms with Gasteiger partial charge in [-0.05, 0) is 42.5 Å². The highest BCUT2D eigenvalue weighted by atomic mass is 32.2. The Bertz CT molecular complexity index is 344. The first-order chi connectivity index (χ1) is 8.05. The van der Waals surface area contributed by atoms with Crippen molar-refractivity contribution in [3.05, 3.63) is 29.8 Å². The Labute approximate surface area is 109 Å². The summed E-state index contributed by atoms with van der Waals surface area (Å²) in [6, 6.07) is 9.79. The summed E-state index contributed by atoms with van der Waals surface area (Å²) in [6.07, 6.45) is 2.68. The lowest BCUT2D eigenvalue weighted by atomic mass is 9.87. The van der Waals surface area contributed by atoms with Gasteiger partial charge in [0.1, 0.15) is 0 Å².